The Morgan fingerprint density at radius 2 is 2.33 bits per heavy atom. The zero-order chi connectivity index (χ0) is 12.7. The third-order valence-electron chi connectivity index (χ3n) is 2.68. The molecule has 7 nitrogen and oxygen atoms in total. The lowest BCUT2D eigenvalue weighted by Crippen LogP contribution is -1.97. The van der Waals surface area contributed by atoms with Crippen molar-refractivity contribution in [1.29, 1.82) is 0 Å². The van der Waals surface area contributed by atoms with Crippen molar-refractivity contribution in [3.63, 3.8) is 0 Å². The third-order valence-corrected chi connectivity index (χ3v) is 2.68. The molecule has 0 aliphatic heterocycles. The van der Waals surface area contributed by atoms with Gasteiger partial charge >= 0.3 is 5.97 Å². The van der Waals surface area contributed by atoms with Crippen LogP contribution in [-0.4, -0.2) is 35.6 Å². The van der Waals surface area contributed by atoms with Gasteiger partial charge < -0.3 is 14.7 Å². The van der Waals surface area contributed by atoms with Gasteiger partial charge in [-0.05, 0) is 6.07 Å². The highest BCUT2D eigenvalue weighted by Gasteiger charge is 2.15. The first kappa shape index (κ1) is 10.5. The number of nitrogens with zero attached hydrogens (tertiary/aromatic N) is 4. The number of carboxylic acid groups (broad SMARTS) is 1. The Labute approximate surface area is 101 Å². The molecule has 3 rings (SSSR count). The standard InChI is InChI=1S/C11H9N5O2/c1-16-5-12-4-7(16)9-14-8-6(11(17)18)2-3-13-10(8)15-9/h2-5H,1H3,(H,17,18)(H,13,14,15). The SMILES string of the molecule is Cn1cncc1-c1nc2nccc(C(=O)O)c2[nH]1. The molecule has 2 N–H and O–H groups in total. The molecular weight excluding hydrogens is 234 g/mol. The molecule has 0 radical (unpaired) electrons. The summed E-state index contributed by atoms with van der Waals surface area (Å²) in [7, 11) is 1.83. The van der Waals surface area contributed by atoms with Crippen molar-refractivity contribution in [3.8, 4) is 11.5 Å². The molecule has 0 saturated carbocycles. The maximum atomic E-state index is 11.1. The van der Waals surface area contributed by atoms with Crippen LogP contribution in [-0.2, 0) is 7.05 Å². The Morgan fingerprint density at radius 3 is 3.00 bits per heavy atom. The average molecular weight is 243 g/mol. The van der Waals surface area contributed by atoms with E-state index in [1.807, 2.05) is 7.05 Å². The minimum absolute atomic E-state index is 0.154. The number of aryl methyl sites for hydroxylation is 1. The molecule has 0 saturated heterocycles. The Balaban J connectivity index is 2.26. The molecule has 0 fully saturated rings. The predicted octanol–water partition coefficient (Wildman–Crippen LogP) is 1.06. The summed E-state index contributed by atoms with van der Waals surface area (Å²) in [4.78, 5) is 26.4. The second kappa shape index (κ2) is 3.66. The molecule has 0 amide bonds. The van der Waals surface area contributed by atoms with Gasteiger partial charge in [-0.3, -0.25) is 0 Å². The number of hydrogen-bond donors (Lipinski definition) is 2. The lowest BCUT2D eigenvalue weighted by Gasteiger charge is -1.96. The fourth-order valence-electron chi connectivity index (χ4n) is 1.80. The number of fused-ring (bicyclic) bond motifs is 1. The van der Waals surface area contributed by atoms with E-state index in [1.165, 1.54) is 12.3 Å². The molecule has 0 aromatic carbocycles. The zero-order valence-corrected chi connectivity index (χ0v) is 9.45. The number of rotatable bonds is 2. The van der Waals surface area contributed by atoms with Crippen LogP contribution in [0, 0.1) is 0 Å². The fourth-order valence-corrected chi connectivity index (χ4v) is 1.80. The minimum Gasteiger partial charge on any atom is -0.478 e. The van der Waals surface area contributed by atoms with Gasteiger partial charge in [0, 0.05) is 13.2 Å². The van der Waals surface area contributed by atoms with Crippen molar-refractivity contribution in [2.45, 2.75) is 0 Å². The number of pyridine rings is 1. The summed E-state index contributed by atoms with van der Waals surface area (Å²) >= 11 is 0. The normalized spacial score (nSPS) is 10.9. The number of aromatic nitrogens is 5. The second-order valence-electron chi connectivity index (χ2n) is 3.84. The summed E-state index contributed by atoms with van der Waals surface area (Å²) in [5.41, 5.74) is 1.72. The molecule has 3 aromatic heterocycles. The van der Waals surface area contributed by atoms with E-state index in [4.69, 9.17) is 5.11 Å². The van der Waals surface area contributed by atoms with Gasteiger partial charge in [-0.15, -0.1) is 0 Å². The average Bonchev–Trinajstić information content (AvgIpc) is 2.92. The van der Waals surface area contributed by atoms with Gasteiger partial charge in [0.2, 0.25) is 0 Å². The van der Waals surface area contributed by atoms with E-state index in [1.54, 1.807) is 17.1 Å². The first-order valence-electron chi connectivity index (χ1n) is 5.21. The second-order valence-corrected chi connectivity index (χ2v) is 3.84. The Kier molecular flexibility index (Phi) is 2.12. The number of carboxylic acids is 1. The van der Waals surface area contributed by atoms with Crippen LogP contribution < -0.4 is 0 Å². The number of nitrogens with one attached hydrogen (secondary N) is 1. The lowest BCUT2D eigenvalue weighted by atomic mass is 10.2. The van der Waals surface area contributed by atoms with E-state index in [0.29, 0.717) is 17.0 Å². The van der Waals surface area contributed by atoms with Crippen molar-refractivity contribution >= 4 is 17.1 Å². The maximum absolute atomic E-state index is 11.1. The van der Waals surface area contributed by atoms with Crippen molar-refractivity contribution in [2.75, 3.05) is 0 Å². The highest BCUT2D eigenvalue weighted by molar-refractivity contribution is 6.00. The monoisotopic (exact) mass is 243 g/mol. The van der Waals surface area contributed by atoms with Crippen molar-refractivity contribution in [3.05, 3.63) is 30.4 Å². The lowest BCUT2D eigenvalue weighted by molar-refractivity contribution is 0.0699. The van der Waals surface area contributed by atoms with Crippen LogP contribution in [0.5, 0.6) is 0 Å². The first-order valence-corrected chi connectivity index (χ1v) is 5.21. The third kappa shape index (κ3) is 1.45. The summed E-state index contributed by atoms with van der Waals surface area (Å²) in [6, 6.07) is 1.44. The highest BCUT2D eigenvalue weighted by atomic mass is 16.4. The van der Waals surface area contributed by atoms with Gasteiger partial charge in [0.25, 0.3) is 0 Å². The smallest absolute Gasteiger partial charge is 0.338 e. The summed E-state index contributed by atoms with van der Waals surface area (Å²) in [6.45, 7) is 0. The minimum atomic E-state index is -1.01. The van der Waals surface area contributed by atoms with Crippen LogP contribution in [0.4, 0.5) is 0 Å². The topological polar surface area (TPSA) is 96.7 Å². The first-order chi connectivity index (χ1) is 8.66. The molecule has 0 unspecified atom stereocenters. The van der Waals surface area contributed by atoms with Gasteiger partial charge in [-0.25, -0.2) is 19.7 Å². The van der Waals surface area contributed by atoms with Crippen LogP contribution in [0.1, 0.15) is 10.4 Å². The molecule has 0 bridgehead atoms. The summed E-state index contributed by atoms with van der Waals surface area (Å²) in [5, 5.41) is 9.08. The van der Waals surface area contributed by atoms with Crippen molar-refractivity contribution < 1.29 is 9.90 Å². The predicted molar refractivity (Wildman–Crippen MR) is 63.1 cm³/mol. The number of H-pyrrole nitrogens is 1. The summed E-state index contributed by atoms with van der Waals surface area (Å²) < 4.78 is 1.79. The maximum Gasteiger partial charge on any atom is 0.338 e. The van der Waals surface area contributed by atoms with E-state index >= 15 is 0 Å². The van der Waals surface area contributed by atoms with Gasteiger partial charge in [0.15, 0.2) is 11.5 Å². The molecule has 0 spiro atoms. The highest BCUT2D eigenvalue weighted by Crippen LogP contribution is 2.20. The van der Waals surface area contributed by atoms with Gasteiger partial charge in [0.1, 0.15) is 5.69 Å². The number of imidazole rings is 2. The van der Waals surface area contributed by atoms with E-state index in [0.717, 1.165) is 5.69 Å². The molecule has 0 aliphatic carbocycles. The molecular formula is C11H9N5O2. The number of aromatic amines is 1. The van der Waals surface area contributed by atoms with E-state index in [2.05, 4.69) is 19.9 Å². The molecule has 90 valence electrons. The van der Waals surface area contributed by atoms with Crippen molar-refractivity contribution in [2.24, 2.45) is 7.05 Å². The summed E-state index contributed by atoms with van der Waals surface area (Å²) in [6.07, 6.45) is 4.73. The molecule has 0 atom stereocenters. The van der Waals surface area contributed by atoms with E-state index < -0.39 is 5.97 Å². The van der Waals surface area contributed by atoms with Crippen LogP contribution in [0.15, 0.2) is 24.8 Å². The van der Waals surface area contributed by atoms with E-state index in [9.17, 15) is 4.79 Å². The summed E-state index contributed by atoms with van der Waals surface area (Å²) in [5.74, 6) is -0.464. The van der Waals surface area contributed by atoms with Crippen LogP contribution in [0.25, 0.3) is 22.7 Å². The van der Waals surface area contributed by atoms with Crippen molar-refractivity contribution in [1.82, 2.24) is 24.5 Å². The van der Waals surface area contributed by atoms with Crippen LogP contribution >= 0.6 is 0 Å². The molecule has 3 aromatic rings. The number of carbonyl (C=O) groups is 1. The van der Waals surface area contributed by atoms with Gasteiger partial charge in [-0.1, -0.05) is 0 Å². The Morgan fingerprint density at radius 1 is 1.50 bits per heavy atom. The Bertz CT molecular complexity index is 743. The molecule has 0 aliphatic rings. The van der Waals surface area contributed by atoms with Crippen LogP contribution in [0.2, 0.25) is 0 Å². The van der Waals surface area contributed by atoms with Gasteiger partial charge in [0.05, 0.1) is 23.6 Å². The number of aromatic carboxylic acids is 1. The molecule has 7 heteroatoms. The van der Waals surface area contributed by atoms with E-state index in [-0.39, 0.29) is 5.56 Å². The Hall–Kier alpha value is -2.70. The zero-order valence-electron chi connectivity index (χ0n) is 9.45. The molecule has 18 heavy (non-hydrogen) atoms. The van der Waals surface area contributed by atoms with Crippen LogP contribution in [0.3, 0.4) is 0 Å². The fraction of sp³-hybridized carbons (Fsp3) is 0.0909. The molecule has 3 heterocycles. The number of hydrogen-bond acceptors (Lipinski definition) is 4. The van der Waals surface area contributed by atoms with Gasteiger partial charge in [-0.2, -0.15) is 0 Å². The largest absolute Gasteiger partial charge is 0.478 e. The quantitative estimate of drug-likeness (QED) is 0.701.